The zero-order valence-electron chi connectivity index (χ0n) is 16.0. The molecular formula is C17H34O3Si2. The molecule has 0 fully saturated rings. The maximum absolute atomic E-state index is 11.5. The Hall–Kier alpha value is -0.126. The smallest absolute Gasteiger partial charge is 0.205 e. The molecule has 0 amide bonds. The van der Waals surface area contributed by atoms with E-state index in [0.29, 0.717) is 0 Å². The van der Waals surface area contributed by atoms with Crippen molar-refractivity contribution in [2.24, 2.45) is 10.8 Å². The molecule has 0 aliphatic rings. The van der Waals surface area contributed by atoms with Crippen molar-refractivity contribution in [2.75, 3.05) is 0 Å². The second-order valence-corrected chi connectivity index (χ2v) is 12.6. The Bertz CT molecular complexity index is 358. The van der Waals surface area contributed by atoms with Gasteiger partial charge in [0.25, 0.3) is 0 Å². The molecular weight excluding hydrogens is 308 g/mol. The van der Waals surface area contributed by atoms with Crippen LogP contribution in [-0.4, -0.2) is 41.0 Å². The fourth-order valence-electron chi connectivity index (χ4n) is 2.61. The molecule has 0 saturated heterocycles. The minimum absolute atomic E-state index is 0.287. The predicted octanol–water partition coefficient (Wildman–Crippen LogP) is 3.72. The molecule has 0 aromatic carbocycles. The molecule has 0 heterocycles. The maximum atomic E-state index is 11.5. The first-order chi connectivity index (χ1) is 9.66. The molecule has 0 aliphatic carbocycles. The van der Waals surface area contributed by atoms with E-state index in [4.69, 9.17) is 15.3 Å². The van der Waals surface area contributed by atoms with E-state index >= 15 is 0 Å². The Morgan fingerprint density at radius 3 is 1.23 bits per heavy atom. The van der Waals surface area contributed by atoms with E-state index in [1.807, 2.05) is 41.5 Å². The van der Waals surface area contributed by atoms with Crippen molar-refractivity contribution in [3.05, 3.63) is 0 Å². The first kappa shape index (κ1) is 21.9. The first-order valence-electron chi connectivity index (χ1n) is 7.80. The summed E-state index contributed by atoms with van der Waals surface area (Å²) >= 11 is 0. The molecule has 0 bridgehead atoms. The van der Waals surface area contributed by atoms with Crippen LogP contribution in [0.3, 0.4) is 0 Å². The largest absolute Gasteiger partial charge is 0.410 e. The van der Waals surface area contributed by atoms with Crippen LogP contribution in [0, 0.1) is 23.2 Å². The molecule has 0 aromatic rings. The number of rotatable bonds is 6. The van der Waals surface area contributed by atoms with Crippen molar-refractivity contribution in [3.8, 4) is 12.3 Å². The summed E-state index contributed by atoms with van der Waals surface area (Å²) in [6.07, 6.45) is 4.87. The standard InChI is InChI=1S/C17H34O3Si2/c1-12-17(18,13(15(2,3)4)19-21(8)9)14(16(5,6)7)20-22(10)11/h1,13-14,18H,2-11H3. The summed E-state index contributed by atoms with van der Waals surface area (Å²) in [5.74, 6) is 2.64. The predicted molar refractivity (Wildman–Crippen MR) is 97.4 cm³/mol. The zero-order valence-corrected chi connectivity index (χ0v) is 18.0. The van der Waals surface area contributed by atoms with Crippen LogP contribution >= 0.6 is 0 Å². The van der Waals surface area contributed by atoms with E-state index in [9.17, 15) is 5.11 Å². The molecule has 0 saturated carbocycles. The minimum Gasteiger partial charge on any atom is -0.410 e. The highest BCUT2D eigenvalue weighted by Gasteiger charge is 2.53. The Morgan fingerprint density at radius 2 is 1.09 bits per heavy atom. The van der Waals surface area contributed by atoms with Crippen LogP contribution in [0.2, 0.25) is 26.2 Å². The van der Waals surface area contributed by atoms with Crippen LogP contribution in [0.25, 0.3) is 0 Å². The molecule has 22 heavy (non-hydrogen) atoms. The lowest BCUT2D eigenvalue weighted by molar-refractivity contribution is -0.152. The molecule has 3 nitrogen and oxygen atoms in total. The zero-order chi connectivity index (χ0) is 17.9. The fourth-order valence-corrected chi connectivity index (χ4v) is 4.62. The van der Waals surface area contributed by atoms with E-state index in [1.165, 1.54) is 0 Å². The average Bonchev–Trinajstić information content (AvgIpc) is 2.29. The molecule has 1 N–H and O–H groups in total. The molecule has 0 aromatic heterocycles. The molecule has 5 heteroatoms. The van der Waals surface area contributed by atoms with Gasteiger partial charge in [0, 0.05) is 0 Å². The number of hydrogen-bond donors (Lipinski definition) is 1. The number of aliphatic hydroxyl groups is 1. The number of terminal acetylenes is 1. The third-order valence-electron chi connectivity index (χ3n) is 3.31. The normalized spacial score (nSPS) is 18.9. The van der Waals surface area contributed by atoms with E-state index in [2.05, 4.69) is 32.1 Å². The molecule has 0 aliphatic heterocycles. The Morgan fingerprint density at radius 1 is 0.818 bits per heavy atom. The maximum Gasteiger partial charge on any atom is 0.205 e. The van der Waals surface area contributed by atoms with Crippen molar-refractivity contribution in [2.45, 2.75) is 85.5 Å². The van der Waals surface area contributed by atoms with E-state index in [0.717, 1.165) is 0 Å². The molecule has 0 rings (SSSR count). The van der Waals surface area contributed by atoms with Gasteiger partial charge in [-0.05, 0) is 37.0 Å². The Balaban J connectivity index is 5.99. The lowest BCUT2D eigenvalue weighted by Gasteiger charge is -2.49. The Kier molecular flexibility index (Phi) is 7.59. The van der Waals surface area contributed by atoms with Crippen molar-refractivity contribution in [3.63, 3.8) is 0 Å². The fraction of sp³-hybridized carbons (Fsp3) is 0.882. The summed E-state index contributed by atoms with van der Waals surface area (Å²) in [6, 6.07) is 0. The van der Waals surface area contributed by atoms with Crippen LogP contribution in [-0.2, 0) is 8.85 Å². The highest BCUT2D eigenvalue weighted by molar-refractivity contribution is 6.48. The van der Waals surface area contributed by atoms with Crippen LogP contribution in [0.15, 0.2) is 0 Å². The van der Waals surface area contributed by atoms with Gasteiger partial charge in [-0.25, -0.2) is 0 Å². The lowest BCUT2D eigenvalue weighted by Crippen LogP contribution is -2.63. The molecule has 2 unspecified atom stereocenters. The number of hydrogen-bond acceptors (Lipinski definition) is 3. The van der Waals surface area contributed by atoms with Gasteiger partial charge in [0.2, 0.25) is 18.1 Å². The summed E-state index contributed by atoms with van der Waals surface area (Å²) in [7, 11) is -2.03. The Labute approximate surface area is 141 Å². The van der Waals surface area contributed by atoms with Gasteiger partial charge in [0.15, 0.2) is 5.60 Å². The van der Waals surface area contributed by atoms with Crippen molar-refractivity contribution in [1.82, 2.24) is 0 Å². The summed E-state index contributed by atoms with van der Waals surface area (Å²) < 4.78 is 12.3. The summed E-state index contributed by atoms with van der Waals surface area (Å²) in [6.45, 7) is 20.5. The highest BCUT2D eigenvalue weighted by atomic mass is 28.3. The second-order valence-electron chi connectivity index (χ2n) is 8.51. The third kappa shape index (κ3) is 5.82. The van der Waals surface area contributed by atoms with E-state index in [1.54, 1.807) is 0 Å². The van der Waals surface area contributed by atoms with Gasteiger partial charge >= 0.3 is 0 Å². The van der Waals surface area contributed by atoms with Gasteiger partial charge < -0.3 is 14.0 Å². The van der Waals surface area contributed by atoms with Gasteiger partial charge in [-0.1, -0.05) is 47.5 Å². The van der Waals surface area contributed by atoms with Crippen molar-refractivity contribution >= 4 is 18.1 Å². The third-order valence-corrected chi connectivity index (χ3v) is 4.73. The monoisotopic (exact) mass is 342 g/mol. The van der Waals surface area contributed by atoms with Gasteiger partial charge in [0.05, 0.1) is 12.2 Å². The van der Waals surface area contributed by atoms with Gasteiger partial charge in [-0.3, -0.25) is 0 Å². The quantitative estimate of drug-likeness (QED) is 0.591. The van der Waals surface area contributed by atoms with E-state index < -0.39 is 35.9 Å². The van der Waals surface area contributed by atoms with Crippen LogP contribution < -0.4 is 0 Å². The SMILES string of the molecule is C#CC(O)(C(O[Si](C)C)C(C)(C)C)C(O[Si](C)C)C(C)(C)C. The van der Waals surface area contributed by atoms with Crippen LogP contribution in [0.4, 0.5) is 0 Å². The first-order valence-corrected chi connectivity index (χ1v) is 12.6. The highest BCUT2D eigenvalue weighted by Crippen LogP contribution is 2.40. The van der Waals surface area contributed by atoms with Gasteiger partial charge in [-0.15, -0.1) is 6.42 Å². The van der Waals surface area contributed by atoms with E-state index in [-0.39, 0.29) is 10.8 Å². The topological polar surface area (TPSA) is 38.7 Å². The van der Waals surface area contributed by atoms with Gasteiger partial charge in [0.1, 0.15) is 0 Å². The summed E-state index contributed by atoms with van der Waals surface area (Å²) in [4.78, 5) is 0. The average molecular weight is 343 g/mol. The van der Waals surface area contributed by atoms with Gasteiger partial charge in [-0.2, -0.15) is 0 Å². The summed E-state index contributed by atoms with van der Waals surface area (Å²) in [5.41, 5.74) is -2.03. The summed E-state index contributed by atoms with van der Waals surface area (Å²) in [5, 5.41) is 11.5. The van der Waals surface area contributed by atoms with Crippen molar-refractivity contribution < 1.29 is 14.0 Å². The minimum atomic E-state index is -1.46. The second kappa shape index (κ2) is 7.63. The molecule has 2 atom stereocenters. The van der Waals surface area contributed by atoms with Crippen molar-refractivity contribution in [1.29, 1.82) is 0 Å². The molecule has 2 radical (unpaired) electrons. The van der Waals surface area contributed by atoms with Crippen LogP contribution in [0.1, 0.15) is 41.5 Å². The molecule has 0 spiro atoms. The van der Waals surface area contributed by atoms with Crippen LogP contribution in [0.5, 0.6) is 0 Å². The molecule has 128 valence electrons. The lowest BCUT2D eigenvalue weighted by atomic mass is 9.70.